The number of halogens is 1. The number of anilines is 1. The number of methoxy groups -OCH3 is 1. The number of likely N-dealkylation sites (N-methyl/N-ethyl adjacent to an activating group) is 1. The summed E-state index contributed by atoms with van der Waals surface area (Å²) >= 11 is 5.80. The lowest BCUT2D eigenvalue weighted by atomic mass is 10.2. The van der Waals surface area contributed by atoms with Crippen LogP contribution in [0.1, 0.15) is 10.4 Å². The summed E-state index contributed by atoms with van der Waals surface area (Å²) in [7, 11) is 3.13. The SMILES string of the molecule is COc1cccc(NC(=O)CN(C)C(=O)c2ccc(Cl)cc2)c1. The normalized spacial score (nSPS) is 10.0. The third-order valence-corrected chi connectivity index (χ3v) is 3.42. The Morgan fingerprint density at radius 3 is 2.52 bits per heavy atom. The van der Waals surface area contributed by atoms with Gasteiger partial charge < -0.3 is 15.0 Å². The Labute approximate surface area is 139 Å². The molecule has 0 radical (unpaired) electrons. The molecule has 0 aliphatic carbocycles. The molecule has 0 saturated carbocycles. The molecule has 2 amide bonds. The van der Waals surface area contributed by atoms with Crippen molar-refractivity contribution in [2.45, 2.75) is 0 Å². The third kappa shape index (κ3) is 4.72. The Bertz CT molecular complexity index is 701. The molecule has 0 spiro atoms. The van der Waals surface area contributed by atoms with Crippen LogP contribution in [0.5, 0.6) is 5.75 Å². The van der Waals surface area contributed by atoms with Crippen molar-refractivity contribution < 1.29 is 14.3 Å². The summed E-state index contributed by atoms with van der Waals surface area (Å²) in [5.74, 6) is 0.110. The van der Waals surface area contributed by atoms with Gasteiger partial charge in [-0.3, -0.25) is 9.59 Å². The highest BCUT2D eigenvalue weighted by Crippen LogP contribution is 2.16. The minimum absolute atomic E-state index is 0.0569. The topological polar surface area (TPSA) is 58.6 Å². The zero-order valence-corrected chi connectivity index (χ0v) is 13.6. The lowest BCUT2D eigenvalue weighted by molar-refractivity contribution is -0.116. The van der Waals surface area contributed by atoms with Crippen molar-refractivity contribution in [2.24, 2.45) is 0 Å². The predicted octanol–water partition coefficient (Wildman–Crippen LogP) is 3.06. The zero-order chi connectivity index (χ0) is 16.8. The summed E-state index contributed by atoms with van der Waals surface area (Å²) in [6.07, 6.45) is 0. The number of carbonyl (C=O) groups excluding carboxylic acids is 2. The molecule has 5 nitrogen and oxygen atoms in total. The van der Waals surface area contributed by atoms with E-state index in [-0.39, 0.29) is 18.4 Å². The molecule has 120 valence electrons. The molecule has 2 aromatic carbocycles. The Kier molecular flexibility index (Phi) is 5.60. The number of nitrogens with one attached hydrogen (secondary N) is 1. The van der Waals surface area contributed by atoms with Crippen LogP contribution < -0.4 is 10.1 Å². The van der Waals surface area contributed by atoms with Crippen molar-refractivity contribution in [2.75, 3.05) is 26.0 Å². The maximum atomic E-state index is 12.2. The van der Waals surface area contributed by atoms with Gasteiger partial charge in [-0.05, 0) is 36.4 Å². The van der Waals surface area contributed by atoms with E-state index in [0.717, 1.165) is 0 Å². The monoisotopic (exact) mass is 332 g/mol. The largest absolute Gasteiger partial charge is 0.497 e. The van der Waals surface area contributed by atoms with Gasteiger partial charge in [0.05, 0.1) is 13.7 Å². The molecule has 1 N–H and O–H groups in total. The van der Waals surface area contributed by atoms with E-state index in [4.69, 9.17) is 16.3 Å². The number of hydrogen-bond acceptors (Lipinski definition) is 3. The molecule has 2 rings (SSSR count). The first-order valence-electron chi connectivity index (χ1n) is 6.94. The minimum atomic E-state index is -0.289. The molecule has 0 aliphatic heterocycles. The maximum absolute atomic E-state index is 12.2. The first kappa shape index (κ1) is 16.8. The fraction of sp³-hybridized carbons (Fsp3) is 0.176. The Hall–Kier alpha value is -2.53. The van der Waals surface area contributed by atoms with Gasteiger partial charge in [-0.2, -0.15) is 0 Å². The molecule has 0 unspecified atom stereocenters. The molecule has 2 aromatic rings. The second-order valence-corrected chi connectivity index (χ2v) is 5.38. The first-order chi connectivity index (χ1) is 11.0. The minimum Gasteiger partial charge on any atom is -0.497 e. The molecule has 0 aromatic heterocycles. The average molecular weight is 333 g/mol. The maximum Gasteiger partial charge on any atom is 0.254 e. The van der Waals surface area contributed by atoms with Crippen molar-refractivity contribution in [3.05, 3.63) is 59.1 Å². The highest BCUT2D eigenvalue weighted by Gasteiger charge is 2.15. The van der Waals surface area contributed by atoms with E-state index in [1.54, 1.807) is 62.7 Å². The molecule has 0 saturated heterocycles. The summed E-state index contributed by atoms with van der Waals surface area (Å²) in [5, 5.41) is 3.28. The van der Waals surface area contributed by atoms with Crippen molar-refractivity contribution in [3.63, 3.8) is 0 Å². The van der Waals surface area contributed by atoms with E-state index in [2.05, 4.69) is 5.32 Å². The Morgan fingerprint density at radius 1 is 1.17 bits per heavy atom. The van der Waals surface area contributed by atoms with Crippen LogP contribution in [0.25, 0.3) is 0 Å². The second-order valence-electron chi connectivity index (χ2n) is 4.95. The van der Waals surface area contributed by atoms with Gasteiger partial charge in [0.1, 0.15) is 5.75 Å². The zero-order valence-electron chi connectivity index (χ0n) is 12.9. The summed E-state index contributed by atoms with van der Waals surface area (Å²) in [5.41, 5.74) is 1.09. The van der Waals surface area contributed by atoms with Crippen molar-refractivity contribution >= 4 is 29.1 Å². The molecule has 23 heavy (non-hydrogen) atoms. The van der Waals surface area contributed by atoms with Crippen molar-refractivity contribution in [1.29, 1.82) is 0 Å². The quantitative estimate of drug-likeness (QED) is 0.915. The van der Waals surface area contributed by atoms with E-state index in [0.29, 0.717) is 22.0 Å². The summed E-state index contributed by atoms with van der Waals surface area (Å²) in [4.78, 5) is 25.6. The predicted molar refractivity (Wildman–Crippen MR) is 90.0 cm³/mol. The van der Waals surface area contributed by atoms with Gasteiger partial charge in [-0.25, -0.2) is 0 Å². The van der Waals surface area contributed by atoms with Crippen LogP contribution in [0.2, 0.25) is 5.02 Å². The molecule has 0 bridgehead atoms. The van der Waals surface area contributed by atoms with Crippen LogP contribution in [-0.2, 0) is 4.79 Å². The van der Waals surface area contributed by atoms with E-state index < -0.39 is 0 Å². The molecular weight excluding hydrogens is 316 g/mol. The molecule has 6 heteroatoms. The smallest absolute Gasteiger partial charge is 0.254 e. The fourth-order valence-corrected chi connectivity index (χ4v) is 2.13. The lowest BCUT2D eigenvalue weighted by Gasteiger charge is -2.17. The summed E-state index contributed by atoms with van der Waals surface area (Å²) in [6, 6.07) is 13.5. The van der Waals surface area contributed by atoms with Gasteiger partial charge >= 0.3 is 0 Å². The Balaban J connectivity index is 1.96. The van der Waals surface area contributed by atoms with Gasteiger partial charge in [0.25, 0.3) is 5.91 Å². The molecule has 0 heterocycles. The van der Waals surface area contributed by atoms with E-state index in [9.17, 15) is 9.59 Å². The first-order valence-corrected chi connectivity index (χ1v) is 7.32. The van der Waals surface area contributed by atoms with Crippen LogP contribution in [0.3, 0.4) is 0 Å². The number of nitrogens with zero attached hydrogens (tertiary/aromatic N) is 1. The Morgan fingerprint density at radius 2 is 1.87 bits per heavy atom. The number of benzene rings is 2. The number of amides is 2. The number of rotatable bonds is 5. The van der Waals surface area contributed by atoms with Crippen LogP contribution in [0, 0.1) is 0 Å². The summed E-state index contributed by atoms with van der Waals surface area (Å²) in [6.45, 7) is -0.0569. The standard InChI is InChI=1S/C17H17ClN2O3/c1-20(17(22)12-6-8-13(18)9-7-12)11-16(21)19-14-4-3-5-15(10-14)23-2/h3-10H,11H2,1-2H3,(H,19,21). The molecular formula is C17H17ClN2O3. The number of carbonyl (C=O) groups is 2. The molecule has 0 aliphatic rings. The number of ether oxygens (including phenoxy) is 1. The summed E-state index contributed by atoms with van der Waals surface area (Å²) < 4.78 is 5.10. The van der Waals surface area contributed by atoms with Crippen molar-refractivity contribution in [1.82, 2.24) is 4.90 Å². The van der Waals surface area contributed by atoms with Gasteiger partial charge in [-0.15, -0.1) is 0 Å². The van der Waals surface area contributed by atoms with Crippen LogP contribution in [0.4, 0.5) is 5.69 Å². The van der Waals surface area contributed by atoms with Gasteiger partial charge in [-0.1, -0.05) is 17.7 Å². The van der Waals surface area contributed by atoms with Gasteiger partial charge in [0.15, 0.2) is 0 Å². The highest BCUT2D eigenvalue weighted by molar-refractivity contribution is 6.30. The second kappa shape index (κ2) is 7.65. The van der Waals surface area contributed by atoms with E-state index in [1.165, 1.54) is 4.90 Å². The third-order valence-electron chi connectivity index (χ3n) is 3.17. The van der Waals surface area contributed by atoms with Gasteiger partial charge in [0, 0.05) is 29.4 Å². The van der Waals surface area contributed by atoms with Gasteiger partial charge in [0.2, 0.25) is 5.91 Å². The van der Waals surface area contributed by atoms with Crippen molar-refractivity contribution in [3.8, 4) is 5.75 Å². The van der Waals surface area contributed by atoms with Crippen LogP contribution in [0.15, 0.2) is 48.5 Å². The highest BCUT2D eigenvalue weighted by atomic mass is 35.5. The van der Waals surface area contributed by atoms with Crippen LogP contribution in [-0.4, -0.2) is 37.4 Å². The van der Waals surface area contributed by atoms with E-state index >= 15 is 0 Å². The fourth-order valence-electron chi connectivity index (χ4n) is 2.00. The average Bonchev–Trinajstić information content (AvgIpc) is 2.54. The molecule has 0 fully saturated rings. The lowest BCUT2D eigenvalue weighted by Crippen LogP contribution is -2.34. The van der Waals surface area contributed by atoms with Crippen LogP contribution >= 0.6 is 11.6 Å². The van der Waals surface area contributed by atoms with E-state index in [1.807, 2.05) is 0 Å². The number of hydrogen-bond donors (Lipinski definition) is 1. The molecule has 0 atom stereocenters.